The van der Waals surface area contributed by atoms with Crippen molar-refractivity contribution < 1.29 is 5.11 Å². The molecule has 6 heteroatoms. The van der Waals surface area contributed by atoms with Crippen molar-refractivity contribution in [3.05, 3.63) is 54.7 Å². The molecule has 0 aliphatic carbocycles. The monoisotopic (exact) mass is 321 g/mol. The van der Waals surface area contributed by atoms with Crippen molar-refractivity contribution in [2.75, 3.05) is 10.6 Å². The highest BCUT2D eigenvalue weighted by atomic mass is 16.3. The molecule has 0 amide bonds. The molecular weight excluding hydrogens is 302 g/mol. The molecule has 0 unspecified atom stereocenters. The van der Waals surface area contributed by atoms with Gasteiger partial charge in [0.15, 0.2) is 5.82 Å². The van der Waals surface area contributed by atoms with E-state index in [1.807, 2.05) is 50.2 Å². The van der Waals surface area contributed by atoms with Crippen molar-refractivity contribution in [3.63, 3.8) is 0 Å². The fourth-order valence-electron chi connectivity index (χ4n) is 2.23. The van der Waals surface area contributed by atoms with Crippen LogP contribution in [0.1, 0.15) is 13.8 Å². The van der Waals surface area contributed by atoms with Crippen LogP contribution in [0.25, 0.3) is 11.5 Å². The van der Waals surface area contributed by atoms with Crippen LogP contribution in [0.4, 0.5) is 17.3 Å². The second-order valence-electron chi connectivity index (χ2n) is 5.62. The molecule has 3 N–H and O–H groups in total. The number of aromatic hydroxyl groups is 1. The number of pyridine rings is 1. The molecule has 0 radical (unpaired) electrons. The van der Waals surface area contributed by atoms with E-state index in [9.17, 15) is 5.11 Å². The van der Waals surface area contributed by atoms with E-state index in [0.717, 1.165) is 5.69 Å². The smallest absolute Gasteiger partial charge is 0.186 e. The molecule has 0 aliphatic rings. The molecule has 3 rings (SSSR count). The summed E-state index contributed by atoms with van der Waals surface area (Å²) in [5.41, 5.74) is 1.27. The maximum atomic E-state index is 10.0. The van der Waals surface area contributed by atoms with E-state index in [1.54, 1.807) is 18.3 Å². The summed E-state index contributed by atoms with van der Waals surface area (Å²) in [6.45, 7) is 4.06. The SMILES string of the molecule is CC(C)Nc1cc(Nc2ccccc2)nc(-c2ncccc2O)n1. The standard InChI is InChI=1S/C18H19N5O/c1-12(2)20-15-11-16(21-13-7-4-3-5-8-13)23-18(22-15)17-14(24)9-6-10-19-17/h3-12,24H,1-2H3,(H2,20,21,22,23). The van der Waals surface area contributed by atoms with Gasteiger partial charge in [-0.1, -0.05) is 18.2 Å². The molecule has 0 spiro atoms. The molecule has 0 atom stereocenters. The van der Waals surface area contributed by atoms with Crippen molar-refractivity contribution in [2.45, 2.75) is 19.9 Å². The minimum atomic E-state index is 0.0462. The molecule has 0 bridgehead atoms. The lowest BCUT2D eigenvalue weighted by atomic mass is 10.3. The number of aromatic nitrogens is 3. The Kier molecular flexibility index (Phi) is 4.56. The van der Waals surface area contributed by atoms with E-state index in [0.29, 0.717) is 23.2 Å². The lowest BCUT2D eigenvalue weighted by molar-refractivity contribution is 0.474. The van der Waals surface area contributed by atoms with Crippen LogP contribution >= 0.6 is 0 Å². The number of rotatable bonds is 5. The zero-order chi connectivity index (χ0) is 16.9. The summed E-state index contributed by atoms with van der Waals surface area (Å²) in [5, 5.41) is 16.5. The Balaban J connectivity index is 2.02. The zero-order valence-electron chi connectivity index (χ0n) is 13.6. The van der Waals surface area contributed by atoms with E-state index in [-0.39, 0.29) is 11.8 Å². The quantitative estimate of drug-likeness (QED) is 0.663. The van der Waals surface area contributed by atoms with Crippen LogP contribution in [0, 0.1) is 0 Å². The minimum absolute atomic E-state index is 0.0462. The summed E-state index contributed by atoms with van der Waals surface area (Å²) in [5.74, 6) is 1.69. The van der Waals surface area contributed by atoms with Crippen molar-refractivity contribution in [1.29, 1.82) is 0 Å². The van der Waals surface area contributed by atoms with Gasteiger partial charge in [0.2, 0.25) is 0 Å². The molecule has 0 saturated heterocycles. The first-order chi connectivity index (χ1) is 11.6. The lowest BCUT2D eigenvalue weighted by Gasteiger charge is -2.13. The van der Waals surface area contributed by atoms with Crippen molar-refractivity contribution in [3.8, 4) is 17.3 Å². The van der Waals surface area contributed by atoms with Crippen LogP contribution < -0.4 is 10.6 Å². The van der Waals surface area contributed by atoms with Crippen LogP contribution in [0.3, 0.4) is 0 Å². The number of nitrogens with one attached hydrogen (secondary N) is 2. The Hall–Kier alpha value is -3.15. The fraction of sp³-hybridized carbons (Fsp3) is 0.167. The Bertz CT molecular complexity index is 821. The molecule has 2 aromatic heterocycles. The third-order valence-corrected chi connectivity index (χ3v) is 3.21. The summed E-state index contributed by atoms with van der Waals surface area (Å²) < 4.78 is 0. The third kappa shape index (κ3) is 3.78. The number of benzene rings is 1. The largest absolute Gasteiger partial charge is 0.506 e. The summed E-state index contributed by atoms with van der Waals surface area (Å²) in [6.07, 6.45) is 1.60. The zero-order valence-corrected chi connectivity index (χ0v) is 13.6. The number of hydrogen-bond acceptors (Lipinski definition) is 6. The predicted molar refractivity (Wildman–Crippen MR) is 95.4 cm³/mol. The van der Waals surface area contributed by atoms with Gasteiger partial charge < -0.3 is 15.7 Å². The van der Waals surface area contributed by atoms with E-state index >= 15 is 0 Å². The molecule has 3 aromatic rings. The summed E-state index contributed by atoms with van der Waals surface area (Å²) in [7, 11) is 0. The van der Waals surface area contributed by atoms with Gasteiger partial charge in [-0.25, -0.2) is 15.0 Å². The fourth-order valence-corrected chi connectivity index (χ4v) is 2.23. The van der Waals surface area contributed by atoms with Gasteiger partial charge in [-0.15, -0.1) is 0 Å². The molecule has 1 aromatic carbocycles. The van der Waals surface area contributed by atoms with Gasteiger partial charge in [0.05, 0.1) is 0 Å². The molecule has 6 nitrogen and oxygen atoms in total. The molecule has 122 valence electrons. The average Bonchev–Trinajstić information content (AvgIpc) is 2.55. The second kappa shape index (κ2) is 6.95. The molecule has 0 aliphatic heterocycles. The van der Waals surface area contributed by atoms with Crippen LogP contribution in [0.2, 0.25) is 0 Å². The van der Waals surface area contributed by atoms with E-state index in [1.165, 1.54) is 0 Å². The molecular formula is C18H19N5O. The van der Waals surface area contributed by atoms with E-state index in [4.69, 9.17) is 0 Å². The molecule has 0 saturated carbocycles. The van der Waals surface area contributed by atoms with Gasteiger partial charge in [0.25, 0.3) is 0 Å². The number of hydrogen-bond donors (Lipinski definition) is 3. The Labute approximate surface area is 140 Å². The first-order valence-electron chi connectivity index (χ1n) is 7.74. The first kappa shape index (κ1) is 15.7. The van der Waals surface area contributed by atoms with E-state index < -0.39 is 0 Å². The second-order valence-corrected chi connectivity index (χ2v) is 5.62. The van der Waals surface area contributed by atoms with Crippen molar-refractivity contribution in [2.24, 2.45) is 0 Å². The van der Waals surface area contributed by atoms with Gasteiger partial charge >= 0.3 is 0 Å². The Morgan fingerprint density at radius 3 is 2.42 bits per heavy atom. The number of para-hydroxylation sites is 1. The van der Waals surface area contributed by atoms with Gasteiger partial charge in [-0.2, -0.15) is 0 Å². The average molecular weight is 321 g/mol. The minimum Gasteiger partial charge on any atom is -0.506 e. The van der Waals surface area contributed by atoms with Gasteiger partial charge in [0.1, 0.15) is 23.1 Å². The lowest BCUT2D eigenvalue weighted by Crippen LogP contribution is -2.12. The number of anilines is 3. The highest BCUT2D eigenvalue weighted by molar-refractivity contribution is 5.66. The molecule has 24 heavy (non-hydrogen) atoms. The van der Waals surface area contributed by atoms with Crippen molar-refractivity contribution in [1.82, 2.24) is 15.0 Å². The predicted octanol–water partition coefficient (Wildman–Crippen LogP) is 3.81. The molecule has 0 fully saturated rings. The maximum Gasteiger partial charge on any atom is 0.186 e. The first-order valence-corrected chi connectivity index (χ1v) is 7.74. The maximum absolute atomic E-state index is 10.0. The van der Waals surface area contributed by atoms with Gasteiger partial charge in [-0.05, 0) is 38.1 Å². The van der Waals surface area contributed by atoms with Gasteiger partial charge in [-0.3, -0.25) is 0 Å². The third-order valence-electron chi connectivity index (χ3n) is 3.21. The normalized spacial score (nSPS) is 10.6. The van der Waals surface area contributed by atoms with Crippen LogP contribution in [-0.2, 0) is 0 Å². The van der Waals surface area contributed by atoms with Crippen LogP contribution in [0.15, 0.2) is 54.7 Å². The Morgan fingerprint density at radius 1 is 0.958 bits per heavy atom. The topological polar surface area (TPSA) is 83.0 Å². The Morgan fingerprint density at radius 2 is 1.71 bits per heavy atom. The van der Waals surface area contributed by atoms with Crippen molar-refractivity contribution >= 4 is 17.3 Å². The highest BCUT2D eigenvalue weighted by Gasteiger charge is 2.12. The highest BCUT2D eigenvalue weighted by Crippen LogP contribution is 2.27. The summed E-state index contributed by atoms with van der Waals surface area (Å²) in [4.78, 5) is 13.1. The van der Waals surface area contributed by atoms with Gasteiger partial charge in [0, 0.05) is 24.0 Å². The van der Waals surface area contributed by atoms with E-state index in [2.05, 4.69) is 25.6 Å². The van der Waals surface area contributed by atoms with Crippen LogP contribution in [0.5, 0.6) is 5.75 Å². The van der Waals surface area contributed by atoms with Crippen LogP contribution in [-0.4, -0.2) is 26.1 Å². The summed E-state index contributed by atoms with van der Waals surface area (Å²) in [6, 6.07) is 15.0. The number of nitrogens with zero attached hydrogens (tertiary/aromatic N) is 3. The summed E-state index contributed by atoms with van der Waals surface area (Å²) >= 11 is 0. The molecule has 2 heterocycles.